The monoisotopic (exact) mass is 470 g/mol. The molecule has 0 unspecified atom stereocenters. The van der Waals surface area contributed by atoms with Crippen LogP contribution in [0.25, 0.3) is 10.9 Å². The Hall–Kier alpha value is -4.46. The van der Waals surface area contributed by atoms with E-state index in [4.69, 9.17) is 4.98 Å². The first kappa shape index (κ1) is 22.3. The highest BCUT2D eigenvalue weighted by molar-refractivity contribution is 6.08. The Morgan fingerprint density at radius 2 is 1.51 bits per heavy atom. The highest BCUT2D eigenvalue weighted by Crippen LogP contribution is 2.28. The SMILES string of the molecule is O=C(Nc1ccc2nc(N3CCN(c4ccccc4)CC3)cc(C(=O)O)c2c1)c1ccccc1F. The smallest absolute Gasteiger partial charge is 0.336 e. The number of hydrogen-bond donors (Lipinski definition) is 2. The molecule has 1 aliphatic rings. The normalized spacial score (nSPS) is 13.6. The average Bonchev–Trinajstić information content (AvgIpc) is 2.89. The minimum Gasteiger partial charge on any atom is -0.478 e. The summed E-state index contributed by atoms with van der Waals surface area (Å²) < 4.78 is 14.0. The summed E-state index contributed by atoms with van der Waals surface area (Å²) in [4.78, 5) is 33.7. The quantitative estimate of drug-likeness (QED) is 0.442. The number of benzene rings is 3. The Morgan fingerprint density at radius 3 is 2.23 bits per heavy atom. The average molecular weight is 471 g/mol. The lowest BCUT2D eigenvalue weighted by Crippen LogP contribution is -2.46. The topological polar surface area (TPSA) is 85.8 Å². The molecule has 1 saturated heterocycles. The number of amides is 1. The number of aromatic nitrogens is 1. The van der Waals surface area contributed by atoms with Crippen LogP contribution >= 0.6 is 0 Å². The number of rotatable bonds is 5. The van der Waals surface area contributed by atoms with Crippen LogP contribution in [0.2, 0.25) is 0 Å². The van der Waals surface area contributed by atoms with Gasteiger partial charge >= 0.3 is 5.97 Å². The van der Waals surface area contributed by atoms with Gasteiger partial charge in [0, 0.05) is 42.9 Å². The third-order valence-electron chi connectivity index (χ3n) is 6.13. The van der Waals surface area contributed by atoms with E-state index in [0.29, 0.717) is 35.5 Å². The van der Waals surface area contributed by atoms with E-state index in [0.717, 1.165) is 18.8 Å². The number of anilines is 3. The van der Waals surface area contributed by atoms with E-state index in [9.17, 15) is 19.1 Å². The van der Waals surface area contributed by atoms with Gasteiger partial charge in [0.05, 0.1) is 16.6 Å². The van der Waals surface area contributed by atoms with E-state index in [2.05, 4.69) is 27.2 Å². The summed E-state index contributed by atoms with van der Waals surface area (Å²) >= 11 is 0. The van der Waals surface area contributed by atoms with Crippen molar-refractivity contribution in [1.82, 2.24) is 4.98 Å². The molecule has 0 aliphatic carbocycles. The van der Waals surface area contributed by atoms with Gasteiger partial charge in [-0.3, -0.25) is 4.79 Å². The summed E-state index contributed by atoms with van der Waals surface area (Å²) in [5, 5.41) is 12.9. The molecule has 1 fully saturated rings. The van der Waals surface area contributed by atoms with Crippen LogP contribution in [-0.2, 0) is 0 Å². The highest BCUT2D eigenvalue weighted by Gasteiger charge is 2.21. The lowest BCUT2D eigenvalue weighted by atomic mass is 10.1. The molecule has 0 spiro atoms. The van der Waals surface area contributed by atoms with Crippen molar-refractivity contribution in [1.29, 1.82) is 0 Å². The van der Waals surface area contributed by atoms with Gasteiger partial charge in [-0.1, -0.05) is 30.3 Å². The van der Waals surface area contributed by atoms with Crippen molar-refractivity contribution in [3.63, 3.8) is 0 Å². The van der Waals surface area contributed by atoms with Gasteiger partial charge in [0.15, 0.2) is 0 Å². The maximum absolute atomic E-state index is 14.0. The molecule has 0 bridgehead atoms. The van der Waals surface area contributed by atoms with Gasteiger partial charge < -0.3 is 20.2 Å². The number of halogens is 1. The van der Waals surface area contributed by atoms with Gasteiger partial charge in [-0.2, -0.15) is 0 Å². The maximum Gasteiger partial charge on any atom is 0.336 e. The van der Waals surface area contributed by atoms with Crippen LogP contribution in [0, 0.1) is 5.82 Å². The van der Waals surface area contributed by atoms with Crippen LogP contribution < -0.4 is 15.1 Å². The van der Waals surface area contributed by atoms with Gasteiger partial charge in [-0.05, 0) is 48.5 Å². The molecule has 1 aromatic heterocycles. The standard InChI is InChI=1S/C27H23FN4O3/c28-23-9-5-4-8-20(23)26(33)29-18-10-11-24-21(16-18)22(27(34)35)17-25(30-24)32-14-12-31(13-15-32)19-6-2-1-3-7-19/h1-11,16-17H,12-15H2,(H,29,33)(H,34,35). The number of carboxylic acids is 1. The van der Waals surface area contributed by atoms with Gasteiger partial charge in [0.25, 0.3) is 5.91 Å². The molecule has 7 nitrogen and oxygen atoms in total. The molecule has 2 heterocycles. The number of fused-ring (bicyclic) bond motifs is 1. The first-order valence-corrected chi connectivity index (χ1v) is 11.3. The zero-order chi connectivity index (χ0) is 24.4. The van der Waals surface area contributed by atoms with Crippen molar-refractivity contribution >= 4 is 40.0 Å². The lowest BCUT2D eigenvalue weighted by Gasteiger charge is -2.37. The Balaban J connectivity index is 1.39. The van der Waals surface area contributed by atoms with Crippen molar-refractivity contribution in [2.75, 3.05) is 41.3 Å². The Bertz CT molecular complexity index is 1400. The Kier molecular flexibility index (Phi) is 6.01. The number of carboxylic acid groups (broad SMARTS) is 1. The second kappa shape index (κ2) is 9.42. The number of nitrogens with one attached hydrogen (secondary N) is 1. The largest absolute Gasteiger partial charge is 0.478 e. The third kappa shape index (κ3) is 4.63. The van der Waals surface area contributed by atoms with Gasteiger partial charge in [-0.15, -0.1) is 0 Å². The van der Waals surface area contributed by atoms with E-state index in [-0.39, 0.29) is 11.1 Å². The fraction of sp³-hybridized carbons (Fsp3) is 0.148. The third-order valence-corrected chi connectivity index (χ3v) is 6.13. The molecular formula is C27H23FN4O3. The molecule has 3 aromatic carbocycles. The van der Waals surface area contributed by atoms with Gasteiger partial charge in [0.1, 0.15) is 11.6 Å². The van der Waals surface area contributed by atoms with E-state index in [1.807, 2.05) is 18.2 Å². The van der Waals surface area contributed by atoms with Crippen LogP contribution in [0.5, 0.6) is 0 Å². The van der Waals surface area contributed by atoms with Crippen LogP contribution in [0.3, 0.4) is 0 Å². The fourth-order valence-electron chi connectivity index (χ4n) is 4.30. The van der Waals surface area contributed by atoms with Crippen LogP contribution in [0.15, 0.2) is 78.9 Å². The van der Waals surface area contributed by atoms with Crippen LogP contribution in [0.1, 0.15) is 20.7 Å². The number of carbonyl (C=O) groups excluding carboxylic acids is 1. The lowest BCUT2D eigenvalue weighted by molar-refractivity contribution is 0.0698. The van der Waals surface area contributed by atoms with Crippen LogP contribution in [0.4, 0.5) is 21.6 Å². The van der Waals surface area contributed by atoms with Crippen molar-refractivity contribution < 1.29 is 19.1 Å². The molecule has 1 amide bonds. The molecule has 2 N–H and O–H groups in total. The highest BCUT2D eigenvalue weighted by atomic mass is 19.1. The fourth-order valence-corrected chi connectivity index (χ4v) is 4.30. The molecule has 0 saturated carbocycles. The number of piperazine rings is 1. The number of para-hydroxylation sites is 1. The predicted octanol–water partition coefficient (Wildman–Crippen LogP) is 4.65. The molecule has 5 rings (SSSR count). The summed E-state index contributed by atoms with van der Waals surface area (Å²) in [6.07, 6.45) is 0. The van der Waals surface area contributed by atoms with Crippen LogP contribution in [-0.4, -0.2) is 48.1 Å². The maximum atomic E-state index is 14.0. The number of pyridine rings is 1. The second-order valence-electron chi connectivity index (χ2n) is 8.31. The van der Waals surface area contributed by atoms with E-state index >= 15 is 0 Å². The summed E-state index contributed by atoms with van der Waals surface area (Å²) in [5.41, 5.74) is 2.04. The van der Waals surface area contributed by atoms with Crippen molar-refractivity contribution in [3.05, 3.63) is 95.8 Å². The first-order chi connectivity index (χ1) is 17.0. The van der Waals surface area contributed by atoms with Crippen molar-refractivity contribution in [2.24, 2.45) is 0 Å². The van der Waals surface area contributed by atoms with Gasteiger partial charge in [0.2, 0.25) is 0 Å². The summed E-state index contributed by atoms with van der Waals surface area (Å²) in [6.45, 7) is 3.02. The number of carbonyl (C=O) groups is 2. The molecule has 0 atom stereocenters. The molecule has 35 heavy (non-hydrogen) atoms. The Morgan fingerprint density at radius 1 is 0.829 bits per heavy atom. The van der Waals surface area contributed by atoms with Crippen molar-refractivity contribution in [3.8, 4) is 0 Å². The predicted molar refractivity (Wildman–Crippen MR) is 134 cm³/mol. The summed E-state index contributed by atoms with van der Waals surface area (Å²) in [5.74, 6) is -1.72. The zero-order valence-electron chi connectivity index (χ0n) is 18.8. The summed E-state index contributed by atoms with van der Waals surface area (Å²) in [7, 11) is 0. The minimum atomic E-state index is -1.08. The molecule has 1 aliphatic heterocycles. The second-order valence-corrected chi connectivity index (χ2v) is 8.31. The number of hydrogen-bond acceptors (Lipinski definition) is 5. The molecule has 0 radical (unpaired) electrons. The van der Waals surface area contributed by atoms with Gasteiger partial charge in [-0.25, -0.2) is 14.2 Å². The summed E-state index contributed by atoms with van der Waals surface area (Å²) in [6, 6.07) is 22.3. The number of nitrogens with zero attached hydrogens (tertiary/aromatic N) is 3. The number of aromatic carboxylic acids is 1. The van der Waals surface area contributed by atoms with E-state index < -0.39 is 17.7 Å². The Labute approximate surface area is 201 Å². The minimum absolute atomic E-state index is 0.0887. The molecular weight excluding hydrogens is 447 g/mol. The first-order valence-electron chi connectivity index (χ1n) is 11.3. The molecule has 4 aromatic rings. The molecule has 176 valence electrons. The zero-order valence-corrected chi connectivity index (χ0v) is 18.8. The van der Waals surface area contributed by atoms with E-state index in [1.54, 1.807) is 30.3 Å². The van der Waals surface area contributed by atoms with Crippen molar-refractivity contribution in [2.45, 2.75) is 0 Å². The van der Waals surface area contributed by atoms with E-state index in [1.165, 1.54) is 18.2 Å². The molecule has 8 heteroatoms.